The first kappa shape index (κ1) is 9.68. The van der Waals surface area contributed by atoms with Crippen molar-refractivity contribution in [2.45, 2.75) is 0 Å². The highest BCUT2D eigenvalue weighted by Crippen LogP contribution is 2.18. The molecule has 72 valence electrons. The molecule has 2 nitrogen and oxygen atoms in total. The van der Waals surface area contributed by atoms with E-state index in [0.717, 1.165) is 4.47 Å². The van der Waals surface area contributed by atoms with E-state index in [4.69, 9.17) is 11.6 Å². The molecule has 0 N–H and O–H groups in total. The normalized spacial score (nSPS) is 10.5. The van der Waals surface area contributed by atoms with E-state index in [1.807, 2.05) is 0 Å². The van der Waals surface area contributed by atoms with Crippen LogP contribution in [0.5, 0.6) is 0 Å². The van der Waals surface area contributed by atoms with E-state index in [9.17, 15) is 4.39 Å². The Morgan fingerprint density at radius 1 is 1.43 bits per heavy atom. The van der Waals surface area contributed by atoms with Gasteiger partial charge in [0.1, 0.15) is 5.82 Å². The number of nitrogens with zero attached hydrogens (tertiary/aromatic N) is 2. The molecule has 0 saturated carbocycles. The van der Waals surface area contributed by atoms with Crippen molar-refractivity contribution in [2.24, 2.45) is 0 Å². The Kier molecular flexibility index (Phi) is 2.56. The monoisotopic (exact) mass is 274 g/mol. The summed E-state index contributed by atoms with van der Waals surface area (Å²) in [6.07, 6.45) is 3.37. The van der Waals surface area contributed by atoms with Gasteiger partial charge in [-0.3, -0.25) is 0 Å². The van der Waals surface area contributed by atoms with Crippen LogP contribution in [0.3, 0.4) is 0 Å². The Bertz CT molecular complexity index is 470. The molecule has 0 saturated heterocycles. The molecule has 0 unspecified atom stereocenters. The second-order valence-corrected chi connectivity index (χ2v) is 4.02. The third-order valence-corrected chi connectivity index (χ3v) is 2.43. The lowest BCUT2D eigenvalue weighted by atomic mass is 10.3. The molecule has 0 atom stereocenters. The quantitative estimate of drug-likeness (QED) is 0.780. The van der Waals surface area contributed by atoms with Gasteiger partial charge >= 0.3 is 0 Å². The largest absolute Gasteiger partial charge is 0.240 e. The summed E-state index contributed by atoms with van der Waals surface area (Å²) in [5.74, 6) is -0.448. The van der Waals surface area contributed by atoms with Crippen molar-refractivity contribution in [1.29, 1.82) is 0 Å². The Morgan fingerprint density at radius 3 is 2.79 bits per heavy atom. The molecule has 2 aromatic rings. The van der Waals surface area contributed by atoms with Crippen LogP contribution in [0.4, 0.5) is 4.39 Å². The van der Waals surface area contributed by atoms with Crippen LogP contribution in [0, 0.1) is 5.82 Å². The molecule has 0 fully saturated rings. The topological polar surface area (TPSA) is 17.8 Å². The summed E-state index contributed by atoms with van der Waals surface area (Å²) in [5, 5.41) is 4.13. The SMILES string of the molecule is Fc1cc(-n2cc(Br)cn2)ccc1Cl. The summed E-state index contributed by atoms with van der Waals surface area (Å²) < 4.78 is 15.5. The van der Waals surface area contributed by atoms with Gasteiger partial charge in [-0.25, -0.2) is 9.07 Å². The van der Waals surface area contributed by atoms with Gasteiger partial charge < -0.3 is 0 Å². The minimum absolute atomic E-state index is 0.111. The standard InChI is InChI=1S/C9H5BrClFN2/c10-6-4-13-14(5-6)7-1-2-8(11)9(12)3-7/h1-5H. The number of halogens is 3. The average molecular weight is 276 g/mol. The number of rotatable bonds is 1. The van der Waals surface area contributed by atoms with E-state index >= 15 is 0 Å². The molecule has 0 bridgehead atoms. The zero-order chi connectivity index (χ0) is 10.1. The summed E-state index contributed by atoms with van der Waals surface area (Å²) in [7, 11) is 0. The molecule has 5 heteroatoms. The van der Waals surface area contributed by atoms with Gasteiger partial charge in [0.25, 0.3) is 0 Å². The van der Waals surface area contributed by atoms with Gasteiger partial charge in [-0.05, 0) is 28.1 Å². The summed E-state index contributed by atoms with van der Waals surface area (Å²) >= 11 is 8.82. The van der Waals surface area contributed by atoms with Crippen LogP contribution >= 0.6 is 27.5 Å². The zero-order valence-electron chi connectivity index (χ0n) is 6.92. The van der Waals surface area contributed by atoms with E-state index in [2.05, 4.69) is 21.0 Å². The van der Waals surface area contributed by atoms with E-state index in [-0.39, 0.29) is 5.02 Å². The molecule has 0 amide bonds. The first-order chi connectivity index (χ1) is 6.66. The van der Waals surface area contributed by atoms with Crippen LogP contribution in [-0.4, -0.2) is 9.78 Å². The second-order valence-electron chi connectivity index (χ2n) is 2.70. The molecule has 2 rings (SSSR count). The number of hydrogen-bond acceptors (Lipinski definition) is 1. The van der Waals surface area contributed by atoms with E-state index in [0.29, 0.717) is 5.69 Å². The maximum absolute atomic E-state index is 13.1. The van der Waals surface area contributed by atoms with E-state index < -0.39 is 5.82 Å². The van der Waals surface area contributed by atoms with Crippen molar-refractivity contribution >= 4 is 27.5 Å². The molecule has 14 heavy (non-hydrogen) atoms. The fourth-order valence-electron chi connectivity index (χ4n) is 1.07. The molecule has 1 aromatic carbocycles. The molecule has 0 aliphatic heterocycles. The molecular formula is C9H5BrClFN2. The van der Waals surface area contributed by atoms with E-state index in [1.165, 1.54) is 12.1 Å². The lowest BCUT2D eigenvalue weighted by molar-refractivity contribution is 0.626. The van der Waals surface area contributed by atoms with Gasteiger partial charge in [0.15, 0.2) is 0 Å². The third-order valence-electron chi connectivity index (χ3n) is 1.72. The molecule has 0 aliphatic rings. The predicted molar refractivity (Wildman–Crippen MR) is 56.2 cm³/mol. The van der Waals surface area contributed by atoms with Gasteiger partial charge in [0.05, 0.1) is 21.4 Å². The third kappa shape index (κ3) is 1.81. The Balaban J connectivity index is 2.47. The van der Waals surface area contributed by atoms with Crippen molar-refractivity contribution in [3.05, 3.63) is 45.9 Å². The highest BCUT2D eigenvalue weighted by atomic mass is 79.9. The molecule has 0 aliphatic carbocycles. The molecule has 1 aromatic heterocycles. The van der Waals surface area contributed by atoms with Crippen molar-refractivity contribution in [1.82, 2.24) is 9.78 Å². The van der Waals surface area contributed by atoms with Gasteiger partial charge in [0, 0.05) is 12.3 Å². The number of hydrogen-bond donors (Lipinski definition) is 0. The molecular weight excluding hydrogens is 270 g/mol. The Hall–Kier alpha value is -0.870. The Morgan fingerprint density at radius 2 is 2.21 bits per heavy atom. The fourth-order valence-corrected chi connectivity index (χ4v) is 1.47. The minimum atomic E-state index is -0.448. The van der Waals surface area contributed by atoms with Gasteiger partial charge in [-0.1, -0.05) is 11.6 Å². The highest BCUT2D eigenvalue weighted by molar-refractivity contribution is 9.10. The van der Waals surface area contributed by atoms with Crippen LogP contribution in [0.2, 0.25) is 5.02 Å². The second kappa shape index (κ2) is 3.71. The van der Waals surface area contributed by atoms with Gasteiger partial charge in [-0.2, -0.15) is 5.10 Å². The fraction of sp³-hybridized carbons (Fsp3) is 0. The van der Waals surface area contributed by atoms with Gasteiger partial charge in [-0.15, -0.1) is 0 Å². The summed E-state index contributed by atoms with van der Waals surface area (Å²) in [6, 6.07) is 4.54. The van der Waals surface area contributed by atoms with Crippen molar-refractivity contribution in [3.63, 3.8) is 0 Å². The van der Waals surface area contributed by atoms with Crippen molar-refractivity contribution in [2.75, 3.05) is 0 Å². The van der Waals surface area contributed by atoms with Crippen LogP contribution in [0.25, 0.3) is 5.69 Å². The van der Waals surface area contributed by atoms with E-state index in [1.54, 1.807) is 23.1 Å². The number of aromatic nitrogens is 2. The molecule has 0 radical (unpaired) electrons. The predicted octanol–water partition coefficient (Wildman–Crippen LogP) is 3.43. The summed E-state index contributed by atoms with van der Waals surface area (Å²) in [5.41, 5.74) is 0.637. The minimum Gasteiger partial charge on any atom is -0.240 e. The molecule has 1 heterocycles. The van der Waals surface area contributed by atoms with Crippen molar-refractivity contribution in [3.8, 4) is 5.69 Å². The van der Waals surface area contributed by atoms with Crippen LogP contribution in [0.15, 0.2) is 35.1 Å². The summed E-state index contributed by atoms with van der Waals surface area (Å²) in [6.45, 7) is 0. The average Bonchev–Trinajstić information content (AvgIpc) is 2.57. The molecule has 0 spiro atoms. The first-order valence-electron chi connectivity index (χ1n) is 3.82. The van der Waals surface area contributed by atoms with Gasteiger partial charge in [0.2, 0.25) is 0 Å². The smallest absolute Gasteiger partial charge is 0.143 e. The van der Waals surface area contributed by atoms with Crippen LogP contribution in [0.1, 0.15) is 0 Å². The van der Waals surface area contributed by atoms with Crippen molar-refractivity contribution < 1.29 is 4.39 Å². The van der Waals surface area contributed by atoms with Crippen LogP contribution < -0.4 is 0 Å². The van der Waals surface area contributed by atoms with Crippen LogP contribution in [-0.2, 0) is 0 Å². The zero-order valence-corrected chi connectivity index (χ0v) is 9.26. The lowest BCUT2D eigenvalue weighted by Gasteiger charge is -2.01. The lowest BCUT2D eigenvalue weighted by Crippen LogP contribution is -1.94. The first-order valence-corrected chi connectivity index (χ1v) is 4.99. The number of benzene rings is 1. The Labute approximate surface area is 93.4 Å². The summed E-state index contributed by atoms with van der Waals surface area (Å²) in [4.78, 5) is 0. The maximum atomic E-state index is 13.1. The maximum Gasteiger partial charge on any atom is 0.143 e. The highest BCUT2D eigenvalue weighted by Gasteiger charge is 2.03.